The first-order chi connectivity index (χ1) is 7.31. The summed E-state index contributed by atoms with van der Waals surface area (Å²) < 4.78 is 0. The van der Waals surface area contributed by atoms with E-state index < -0.39 is 0 Å². The molecule has 1 radical (unpaired) electrons. The topological polar surface area (TPSA) is 41.1 Å². The van der Waals surface area contributed by atoms with E-state index in [0.29, 0.717) is 12.1 Å². The standard InChI is InChI=1S/C11H11ClN3/c12-11-8-15(6-5-14-11)10-4-2-1-3-9(10)7-13/h1-4,11H,5-6,8H2. The average molecular weight is 221 g/mol. The number of alkyl halides is 1. The van der Waals surface area contributed by atoms with Gasteiger partial charge in [-0.2, -0.15) is 5.26 Å². The minimum Gasteiger partial charge on any atom is -0.366 e. The van der Waals surface area contributed by atoms with Gasteiger partial charge in [0.15, 0.2) is 0 Å². The minimum atomic E-state index is -0.162. The van der Waals surface area contributed by atoms with Crippen LogP contribution in [0.15, 0.2) is 24.3 Å². The molecule has 1 aliphatic rings. The number of rotatable bonds is 1. The second-order valence-electron chi connectivity index (χ2n) is 3.42. The van der Waals surface area contributed by atoms with Crippen molar-refractivity contribution in [3.8, 4) is 6.07 Å². The Morgan fingerprint density at radius 3 is 3.00 bits per heavy atom. The molecule has 0 aromatic heterocycles. The van der Waals surface area contributed by atoms with E-state index in [1.807, 2.05) is 24.3 Å². The van der Waals surface area contributed by atoms with Gasteiger partial charge in [-0.15, -0.1) is 11.6 Å². The van der Waals surface area contributed by atoms with Crippen LogP contribution >= 0.6 is 11.6 Å². The van der Waals surface area contributed by atoms with Crippen molar-refractivity contribution in [2.24, 2.45) is 0 Å². The van der Waals surface area contributed by atoms with Crippen LogP contribution in [-0.4, -0.2) is 25.1 Å². The highest BCUT2D eigenvalue weighted by Gasteiger charge is 2.19. The normalized spacial score (nSPS) is 21.1. The molecule has 0 saturated carbocycles. The van der Waals surface area contributed by atoms with Crippen LogP contribution in [0.4, 0.5) is 5.69 Å². The molecule has 3 nitrogen and oxygen atoms in total. The molecular formula is C11H11ClN3. The predicted molar refractivity (Wildman–Crippen MR) is 60.0 cm³/mol. The molecule has 77 valence electrons. The predicted octanol–water partition coefficient (Wildman–Crippen LogP) is 1.55. The first kappa shape index (κ1) is 10.3. The van der Waals surface area contributed by atoms with Gasteiger partial charge in [0, 0.05) is 19.6 Å². The van der Waals surface area contributed by atoms with E-state index in [1.54, 1.807) is 0 Å². The molecule has 1 saturated heterocycles. The van der Waals surface area contributed by atoms with E-state index >= 15 is 0 Å². The van der Waals surface area contributed by atoms with Crippen LogP contribution in [0.2, 0.25) is 0 Å². The zero-order valence-electron chi connectivity index (χ0n) is 8.23. The molecule has 1 aromatic carbocycles. The third kappa shape index (κ3) is 2.23. The van der Waals surface area contributed by atoms with Crippen molar-refractivity contribution in [1.29, 1.82) is 5.26 Å². The molecule has 15 heavy (non-hydrogen) atoms. The number of hydrogen-bond donors (Lipinski definition) is 0. The lowest BCUT2D eigenvalue weighted by molar-refractivity contribution is 0.542. The van der Waals surface area contributed by atoms with Gasteiger partial charge in [0.2, 0.25) is 0 Å². The summed E-state index contributed by atoms with van der Waals surface area (Å²) in [6.45, 7) is 2.25. The first-order valence-electron chi connectivity index (χ1n) is 4.86. The molecule has 0 spiro atoms. The number of anilines is 1. The van der Waals surface area contributed by atoms with Gasteiger partial charge < -0.3 is 4.90 Å². The number of hydrogen-bond acceptors (Lipinski definition) is 2. The molecule has 0 aliphatic carbocycles. The Morgan fingerprint density at radius 2 is 2.27 bits per heavy atom. The van der Waals surface area contributed by atoms with E-state index in [2.05, 4.69) is 16.3 Å². The molecule has 1 fully saturated rings. The fourth-order valence-corrected chi connectivity index (χ4v) is 1.98. The summed E-state index contributed by atoms with van der Waals surface area (Å²) in [4.78, 5) is 2.11. The van der Waals surface area contributed by atoms with Crippen molar-refractivity contribution >= 4 is 17.3 Å². The van der Waals surface area contributed by atoms with E-state index in [1.165, 1.54) is 0 Å². The second-order valence-corrected chi connectivity index (χ2v) is 3.92. The summed E-state index contributed by atoms with van der Waals surface area (Å²) in [6.07, 6.45) is 0. The van der Waals surface area contributed by atoms with Crippen molar-refractivity contribution in [3.63, 3.8) is 0 Å². The lowest BCUT2D eigenvalue weighted by Gasteiger charge is -2.31. The molecule has 0 bridgehead atoms. The van der Waals surface area contributed by atoms with Crippen LogP contribution in [0.25, 0.3) is 0 Å². The molecule has 1 unspecified atom stereocenters. The van der Waals surface area contributed by atoms with Gasteiger partial charge in [0.1, 0.15) is 11.6 Å². The summed E-state index contributed by atoms with van der Waals surface area (Å²) >= 11 is 5.97. The monoisotopic (exact) mass is 220 g/mol. The highest BCUT2D eigenvalue weighted by molar-refractivity contribution is 6.20. The zero-order chi connectivity index (χ0) is 10.7. The molecule has 1 atom stereocenters. The fraction of sp³-hybridized carbons (Fsp3) is 0.364. The number of para-hydroxylation sites is 1. The molecule has 1 aromatic rings. The number of halogens is 1. The lowest BCUT2D eigenvalue weighted by atomic mass is 10.1. The third-order valence-corrected chi connectivity index (χ3v) is 2.71. The van der Waals surface area contributed by atoms with E-state index in [0.717, 1.165) is 18.8 Å². The van der Waals surface area contributed by atoms with Crippen molar-refractivity contribution in [3.05, 3.63) is 29.8 Å². The lowest BCUT2D eigenvalue weighted by Crippen LogP contribution is -2.44. The van der Waals surface area contributed by atoms with Crippen LogP contribution < -0.4 is 10.2 Å². The number of benzene rings is 1. The van der Waals surface area contributed by atoms with E-state index in [4.69, 9.17) is 16.9 Å². The molecule has 4 heteroatoms. The van der Waals surface area contributed by atoms with Gasteiger partial charge in [0.25, 0.3) is 0 Å². The van der Waals surface area contributed by atoms with Gasteiger partial charge in [-0.3, -0.25) is 0 Å². The Kier molecular flexibility index (Phi) is 3.10. The molecule has 0 amide bonds. The second kappa shape index (κ2) is 4.52. The zero-order valence-corrected chi connectivity index (χ0v) is 8.98. The first-order valence-corrected chi connectivity index (χ1v) is 5.29. The summed E-state index contributed by atoms with van der Waals surface area (Å²) in [5.74, 6) is 0. The Morgan fingerprint density at radius 1 is 1.47 bits per heavy atom. The summed E-state index contributed by atoms with van der Waals surface area (Å²) in [5, 5.41) is 13.2. The average Bonchev–Trinajstić information content (AvgIpc) is 2.29. The fourth-order valence-electron chi connectivity index (χ4n) is 1.71. The largest absolute Gasteiger partial charge is 0.366 e. The number of nitriles is 1. The number of nitrogens with zero attached hydrogens (tertiary/aromatic N) is 3. The van der Waals surface area contributed by atoms with Crippen molar-refractivity contribution in [1.82, 2.24) is 5.32 Å². The SMILES string of the molecule is N#Cc1ccccc1N1CC[N]C(Cl)C1. The third-order valence-electron chi connectivity index (χ3n) is 2.43. The quantitative estimate of drug-likeness (QED) is 0.532. The van der Waals surface area contributed by atoms with Gasteiger partial charge in [-0.05, 0) is 12.1 Å². The molecular weight excluding hydrogens is 210 g/mol. The van der Waals surface area contributed by atoms with Gasteiger partial charge in [-0.25, -0.2) is 5.32 Å². The Labute approximate surface area is 94.3 Å². The maximum Gasteiger partial charge on any atom is 0.116 e. The summed E-state index contributed by atoms with van der Waals surface area (Å²) in [6, 6.07) is 9.77. The van der Waals surface area contributed by atoms with Gasteiger partial charge in [0.05, 0.1) is 11.3 Å². The van der Waals surface area contributed by atoms with Crippen LogP contribution in [-0.2, 0) is 0 Å². The van der Waals surface area contributed by atoms with Crippen molar-refractivity contribution in [2.75, 3.05) is 24.5 Å². The van der Waals surface area contributed by atoms with E-state index in [9.17, 15) is 0 Å². The van der Waals surface area contributed by atoms with Crippen LogP contribution in [0.3, 0.4) is 0 Å². The van der Waals surface area contributed by atoms with Gasteiger partial charge >= 0.3 is 0 Å². The molecule has 1 heterocycles. The van der Waals surface area contributed by atoms with Crippen LogP contribution in [0, 0.1) is 11.3 Å². The summed E-state index contributed by atoms with van der Waals surface area (Å²) in [7, 11) is 0. The highest BCUT2D eigenvalue weighted by Crippen LogP contribution is 2.21. The smallest absolute Gasteiger partial charge is 0.116 e. The number of piperazine rings is 1. The maximum atomic E-state index is 8.98. The van der Waals surface area contributed by atoms with Gasteiger partial charge in [-0.1, -0.05) is 12.1 Å². The maximum absolute atomic E-state index is 8.98. The molecule has 1 aliphatic heterocycles. The summed E-state index contributed by atoms with van der Waals surface area (Å²) in [5.41, 5.74) is 1.49. The van der Waals surface area contributed by atoms with Crippen LogP contribution in [0.1, 0.15) is 5.56 Å². The Hall–Kier alpha value is -1.24. The Balaban J connectivity index is 2.25. The van der Waals surface area contributed by atoms with Crippen molar-refractivity contribution < 1.29 is 0 Å². The molecule has 2 rings (SSSR count). The Bertz CT molecular complexity index is 386. The highest BCUT2D eigenvalue weighted by atomic mass is 35.5. The van der Waals surface area contributed by atoms with Crippen molar-refractivity contribution in [2.45, 2.75) is 5.50 Å². The molecule has 0 N–H and O–H groups in total. The van der Waals surface area contributed by atoms with E-state index in [-0.39, 0.29) is 5.50 Å². The van der Waals surface area contributed by atoms with Crippen LogP contribution in [0.5, 0.6) is 0 Å². The minimum absolute atomic E-state index is 0.162.